The van der Waals surface area contributed by atoms with Crippen LogP contribution in [0.5, 0.6) is 0 Å². The molecule has 0 spiro atoms. The van der Waals surface area contributed by atoms with Gasteiger partial charge in [-0.2, -0.15) is 0 Å². The Hall–Kier alpha value is -1.70. The topological polar surface area (TPSA) is 75.3 Å². The third-order valence-corrected chi connectivity index (χ3v) is 5.24. The zero-order valence-corrected chi connectivity index (χ0v) is 15.2. The van der Waals surface area contributed by atoms with Crippen molar-refractivity contribution in [2.75, 3.05) is 11.9 Å². The van der Waals surface area contributed by atoms with E-state index in [4.69, 9.17) is 0 Å². The number of carbonyl (C=O) groups excluding carboxylic acids is 1. The van der Waals surface area contributed by atoms with Crippen molar-refractivity contribution in [2.24, 2.45) is 0 Å². The molecule has 0 unspecified atom stereocenters. The molecule has 0 bridgehead atoms. The Morgan fingerprint density at radius 1 is 1.04 bits per heavy atom. The minimum atomic E-state index is -3.72. The van der Waals surface area contributed by atoms with E-state index < -0.39 is 15.9 Å². The molecule has 0 atom stereocenters. The van der Waals surface area contributed by atoms with Gasteiger partial charge in [-0.25, -0.2) is 13.1 Å². The molecule has 2 aromatic carbocycles. The normalized spacial score (nSPS) is 11.3. The Morgan fingerprint density at radius 2 is 1.61 bits per heavy atom. The summed E-state index contributed by atoms with van der Waals surface area (Å²) in [6, 6.07) is 11.9. The van der Waals surface area contributed by atoms with Crippen LogP contribution < -0.4 is 10.0 Å². The molecule has 23 heavy (non-hydrogen) atoms. The summed E-state index contributed by atoms with van der Waals surface area (Å²) in [6.07, 6.45) is 0. The van der Waals surface area contributed by atoms with E-state index in [9.17, 15) is 13.2 Å². The molecule has 5 nitrogen and oxygen atoms in total. The molecule has 2 N–H and O–H groups in total. The van der Waals surface area contributed by atoms with Crippen LogP contribution >= 0.6 is 15.9 Å². The number of sulfonamides is 1. The summed E-state index contributed by atoms with van der Waals surface area (Å²) in [5.74, 6) is -0.414. The summed E-state index contributed by atoms with van der Waals surface area (Å²) in [6.45, 7) is 3.44. The highest BCUT2D eigenvalue weighted by Gasteiger charge is 2.16. The Labute approximate surface area is 144 Å². The van der Waals surface area contributed by atoms with Crippen LogP contribution in [0.3, 0.4) is 0 Å². The van der Waals surface area contributed by atoms with Crippen molar-refractivity contribution in [3.8, 4) is 0 Å². The number of carbonyl (C=O) groups is 1. The van der Waals surface area contributed by atoms with E-state index in [0.717, 1.165) is 15.6 Å². The Kier molecular flexibility index (Phi) is 5.56. The molecule has 2 rings (SSSR count). The average molecular weight is 397 g/mol. The predicted molar refractivity (Wildman–Crippen MR) is 93.9 cm³/mol. The summed E-state index contributed by atoms with van der Waals surface area (Å²) in [7, 11) is -3.72. The Balaban J connectivity index is 2.03. The fourth-order valence-electron chi connectivity index (χ4n) is 2.05. The van der Waals surface area contributed by atoms with E-state index in [-0.39, 0.29) is 11.4 Å². The largest absolute Gasteiger partial charge is 0.324 e. The third-order valence-electron chi connectivity index (χ3n) is 3.29. The lowest BCUT2D eigenvalue weighted by molar-refractivity contribution is -0.115. The standard InChI is InChI=1S/C16H17BrN2O3S/c1-11-4-3-5-12(2)16(11)19-15(20)10-18-23(21,22)14-8-6-13(17)7-9-14/h3-9,18H,10H2,1-2H3,(H,19,20). The van der Waals surface area contributed by atoms with Crippen LogP contribution in [-0.2, 0) is 14.8 Å². The molecule has 0 aliphatic heterocycles. The van der Waals surface area contributed by atoms with Crippen LogP contribution in [0.4, 0.5) is 5.69 Å². The molecule has 0 saturated carbocycles. The summed E-state index contributed by atoms with van der Waals surface area (Å²) in [5, 5.41) is 2.74. The van der Waals surface area contributed by atoms with Crippen molar-refractivity contribution in [2.45, 2.75) is 18.7 Å². The number of aryl methyl sites for hydroxylation is 2. The number of para-hydroxylation sites is 1. The fraction of sp³-hybridized carbons (Fsp3) is 0.188. The molecule has 0 aromatic heterocycles. The van der Waals surface area contributed by atoms with Gasteiger partial charge in [0.25, 0.3) is 0 Å². The number of anilines is 1. The van der Waals surface area contributed by atoms with Crippen molar-refractivity contribution in [1.82, 2.24) is 4.72 Å². The van der Waals surface area contributed by atoms with Crippen LogP contribution in [-0.4, -0.2) is 20.9 Å². The first kappa shape index (κ1) is 17.7. The van der Waals surface area contributed by atoms with Crippen LogP contribution in [0.25, 0.3) is 0 Å². The smallest absolute Gasteiger partial charge is 0.241 e. The minimum Gasteiger partial charge on any atom is -0.324 e. The first-order valence-corrected chi connectivity index (χ1v) is 9.18. The quantitative estimate of drug-likeness (QED) is 0.815. The molecule has 0 aliphatic rings. The van der Waals surface area contributed by atoms with E-state index in [1.54, 1.807) is 12.1 Å². The number of nitrogens with one attached hydrogen (secondary N) is 2. The maximum atomic E-state index is 12.1. The highest BCUT2D eigenvalue weighted by atomic mass is 79.9. The van der Waals surface area contributed by atoms with Crippen molar-refractivity contribution >= 4 is 37.5 Å². The van der Waals surface area contributed by atoms with Crippen LogP contribution in [0.15, 0.2) is 51.8 Å². The van der Waals surface area contributed by atoms with Crippen molar-refractivity contribution in [1.29, 1.82) is 0 Å². The molecule has 0 aliphatic carbocycles. The van der Waals surface area contributed by atoms with E-state index in [1.165, 1.54) is 12.1 Å². The molecule has 7 heteroatoms. The van der Waals surface area contributed by atoms with Crippen LogP contribution in [0.2, 0.25) is 0 Å². The lowest BCUT2D eigenvalue weighted by Crippen LogP contribution is -2.33. The second kappa shape index (κ2) is 7.25. The highest BCUT2D eigenvalue weighted by Crippen LogP contribution is 2.19. The SMILES string of the molecule is Cc1cccc(C)c1NC(=O)CNS(=O)(=O)c1ccc(Br)cc1. The van der Waals surface area contributed by atoms with Gasteiger partial charge in [-0.1, -0.05) is 34.1 Å². The molecule has 0 heterocycles. The first-order chi connectivity index (χ1) is 10.8. The van der Waals surface area contributed by atoms with Gasteiger partial charge in [0.2, 0.25) is 15.9 Å². The zero-order valence-electron chi connectivity index (χ0n) is 12.8. The van der Waals surface area contributed by atoms with E-state index >= 15 is 0 Å². The van der Waals surface area contributed by atoms with Gasteiger partial charge in [0.1, 0.15) is 0 Å². The van der Waals surface area contributed by atoms with Gasteiger partial charge in [-0.05, 0) is 49.2 Å². The van der Waals surface area contributed by atoms with Gasteiger partial charge in [0, 0.05) is 10.2 Å². The second-order valence-corrected chi connectivity index (χ2v) is 7.78. The maximum Gasteiger partial charge on any atom is 0.241 e. The Bertz CT molecular complexity index is 797. The van der Waals surface area contributed by atoms with E-state index in [2.05, 4.69) is 26.0 Å². The fourth-order valence-corrected chi connectivity index (χ4v) is 3.30. The van der Waals surface area contributed by atoms with Crippen molar-refractivity contribution in [3.05, 3.63) is 58.1 Å². The number of rotatable bonds is 5. The zero-order chi connectivity index (χ0) is 17.0. The number of hydrogen-bond donors (Lipinski definition) is 2. The van der Waals surface area contributed by atoms with Gasteiger partial charge < -0.3 is 5.32 Å². The lowest BCUT2D eigenvalue weighted by atomic mass is 10.1. The molecule has 122 valence electrons. The minimum absolute atomic E-state index is 0.112. The molecule has 1 amide bonds. The molecule has 2 aromatic rings. The van der Waals surface area contributed by atoms with Gasteiger partial charge >= 0.3 is 0 Å². The number of hydrogen-bond acceptors (Lipinski definition) is 3. The number of amides is 1. The van der Waals surface area contributed by atoms with Gasteiger partial charge in [0.15, 0.2) is 0 Å². The molecular formula is C16H17BrN2O3S. The molecule has 0 fully saturated rings. The predicted octanol–water partition coefficient (Wildman–Crippen LogP) is 2.98. The van der Waals surface area contributed by atoms with Crippen molar-refractivity contribution < 1.29 is 13.2 Å². The summed E-state index contributed by atoms with van der Waals surface area (Å²) in [5.41, 5.74) is 2.56. The average Bonchev–Trinajstić information content (AvgIpc) is 2.50. The second-order valence-electron chi connectivity index (χ2n) is 5.09. The first-order valence-electron chi connectivity index (χ1n) is 6.91. The number of benzene rings is 2. The lowest BCUT2D eigenvalue weighted by Gasteiger charge is -2.12. The summed E-state index contributed by atoms with van der Waals surface area (Å²) in [4.78, 5) is 12.1. The van der Waals surface area contributed by atoms with E-state index in [0.29, 0.717) is 5.69 Å². The van der Waals surface area contributed by atoms with Gasteiger partial charge in [0.05, 0.1) is 11.4 Å². The highest BCUT2D eigenvalue weighted by molar-refractivity contribution is 9.10. The van der Waals surface area contributed by atoms with Crippen LogP contribution in [0, 0.1) is 13.8 Å². The summed E-state index contributed by atoms with van der Waals surface area (Å²) >= 11 is 3.25. The number of halogens is 1. The monoisotopic (exact) mass is 396 g/mol. The summed E-state index contributed by atoms with van der Waals surface area (Å²) < 4.78 is 27.3. The van der Waals surface area contributed by atoms with Crippen LogP contribution in [0.1, 0.15) is 11.1 Å². The Morgan fingerprint density at radius 3 is 2.17 bits per heavy atom. The third kappa shape index (κ3) is 4.63. The molecule has 0 saturated heterocycles. The van der Waals surface area contributed by atoms with Gasteiger partial charge in [-0.15, -0.1) is 0 Å². The maximum absolute atomic E-state index is 12.1. The molecular weight excluding hydrogens is 380 g/mol. The van der Waals surface area contributed by atoms with E-state index in [1.807, 2.05) is 32.0 Å². The van der Waals surface area contributed by atoms with Gasteiger partial charge in [-0.3, -0.25) is 4.79 Å². The molecule has 0 radical (unpaired) electrons. The van der Waals surface area contributed by atoms with Crippen molar-refractivity contribution in [3.63, 3.8) is 0 Å².